The number of nitriles is 1. The molecule has 0 aliphatic carbocycles. The lowest BCUT2D eigenvalue weighted by atomic mass is 10.9. The molecule has 0 spiro atoms. The van der Waals surface area contributed by atoms with E-state index in [1.807, 2.05) is 6.07 Å². The second-order valence-electron chi connectivity index (χ2n) is 1.32. The SMILES string of the molecule is CN(N)C(=S)SCC#N. The van der Waals surface area contributed by atoms with Crippen molar-refractivity contribution in [1.29, 1.82) is 5.26 Å². The fraction of sp³-hybridized carbons (Fsp3) is 0.500. The van der Waals surface area contributed by atoms with Crippen LogP contribution in [0.15, 0.2) is 0 Å². The number of rotatable bonds is 1. The summed E-state index contributed by atoms with van der Waals surface area (Å²) < 4.78 is 0.538. The Bertz CT molecular complexity index is 137. The number of thioether (sulfide) groups is 1. The highest BCUT2D eigenvalue weighted by atomic mass is 32.2. The third-order valence-corrected chi connectivity index (χ3v) is 2.00. The molecule has 0 rings (SSSR count). The van der Waals surface area contributed by atoms with Crippen molar-refractivity contribution in [2.24, 2.45) is 5.84 Å². The highest BCUT2D eigenvalue weighted by molar-refractivity contribution is 8.23. The Morgan fingerprint density at radius 2 is 2.56 bits per heavy atom. The van der Waals surface area contributed by atoms with E-state index in [2.05, 4.69) is 0 Å². The Morgan fingerprint density at radius 3 is 2.89 bits per heavy atom. The molecule has 50 valence electrons. The predicted octanol–water partition coefficient (Wildman–Crippen LogP) is 0.334. The molecule has 0 aliphatic rings. The van der Waals surface area contributed by atoms with Crippen molar-refractivity contribution in [2.75, 3.05) is 12.8 Å². The minimum absolute atomic E-state index is 0.361. The minimum Gasteiger partial charge on any atom is -0.299 e. The molecule has 5 heteroatoms. The first-order valence-corrected chi connectivity index (χ1v) is 3.60. The van der Waals surface area contributed by atoms with Crippen LogP contribution >= 0.6 is 24.0 Å². The fourth-order valence-electron chi connectivity index (χ4n) is 0.196. The van der Waals surface area contributed by atoms with E-state index >= 15 is 0 Å². The van der Waals surface area contributed by atoms with E-state index in [9.17, 15) is 0 Å². The van der Waals surface area contributed by atoms with E-state index in [4.69, 9.17) is 23.3 Å². The molecule has 3 nitrogen and oxygen atoms in total. The molecule has 0 unspecified atom stereocenters. The van der Waals surface area contributed by atoms with Crippen LogP contribution in [0.25, 0.3) is 0 Å². The van der Waals surface area contributed by atoms with Crippen LogP contribution in [-0.2, 0) is 0 Å². The molecule has 0 heterocycles. The highest BCUT2D eigenvalue weighted by Crippen LogP contribution is 2.02. The van der Waals surface area contributed by atoms with Crippen molar-refractivity contribution < 1.29 is 0 Å². The van der Waals surface area contributed by atoms with Gasteiger partial charge < -0.3 is 0 Å². The monoisotopic (exact) mass is 161 g/mol. The molecule has 0 atom stereocenters. The van der Waals surface area contributed by atoms with Crippen LogP contribution in [0.2, 0.25) is 0 Å². The van der Waals surface area contributed by atoms with Gasteiger partial charge in [-0.3, -0.25) is 5.01 Å². The van der Waals surface area contributed by atoms with E-state index in [-0.39, 0.29) is 0 Å². The van der Waals surface area contributed by atoms with Gasteiger partial charge in [-0.2, -0.15) is 5.26 Å². The molecule has 2 N–H and O–H groups in total. The lowest BCUT2D eigenvalue weighted by Crippen LogP contribution is -2.29. The van der Waals surface area contributed by atoms with Gasteiger partial charge in [0.25, 0.3) is 0 Å². The zero-order valence-corrected chi connectivity index (χ0v) is 6.63. The Labute approximate surface area is 63.8 Å². The molecule has 0 fully saturated rings. The molecular formula is C4H7N3S2. The zero-order chi connectivity index (χ0) is 7.28. The molecule has 9 heavy (non-hydrogen) atoms. The molecule has 0 radical (unpaired) electrons. The van der Waals surface area contributed by atoms with Crippen molar-refractivity contribution in [3.05, 3.63) is 0 Å². The summed E-state index contributed by atoms with van der Waals surface area (Å²) in [6.07, 6.45) is 0. The summed E-state index contributed by atoms with van der Waals surface area (Å²) in [5.74, 6) is 5.60. The number of hydrogen-bond acceptors (Lipinski definition) is 4. The molecule has 0 aromatic rings. The first-order valence-electron chi connectivity index (χ1n) is 2.20. The third-order valence-electron chi connectivity index (χ3n) is 0.548. The Morgan fingerprint density at radius 1 is 2.00 bits per heavy atom. The second kappa shape index (κ2) is 4.56. The zero-order valence-electron chi connectivity index (χ0n) is 5.00. The van der Waals surface area contributed by atoms with Crippen molar-refractivity contribution in [3.63, 3.8) is 0 Å². The Hall–Kier alpha value is -0.310. The van der Waals surface area contributed by atoms with E-state index in [0.29, 0.717) is 10.1 Å². The van der Waals surface area contributed by atoms with Crippen LogP contribution in [0.1, 0.15) is 0 Å². The maximum Gasteiger partial charge on any atom is 0.151 e. The van der Waals surface area contributed by atoms with Gasteiger partial charge in [0.1, 0.15) is 0 Å². The van der Waals surface area contributed by atoms with Crippen LogP contribution < -0.4 is 5.84 Å². The lowest BCUT2D eigenvalue weighted by Gasteiger charge is -2.09. The number of hydrogen-bond donors (Lipinski definition) is 1. The molecule has 0 aromatic heterocycles. The summed E-state index contributed by atoms with van der Waals surface area (Å²) in [5, 5.41) is 9.42. The van der Waals surface area contributed by atoms with Gasteiger partial charge in [-0.15, -0.1) is 0 Å². The van der Waals surface area contributed by atoms with Gasteiger partial charge >= 0.3 is 0 Å². The molecule has 0 bridgehead atoms. The average molecular weight is 161 g/mol. The normalized spacial score (nSPS) is 8.11. The molecule has 0 saturated heterocycles. The summed E-state index contributed by atoms with van der Waals surface area (Å²) in [6.45, 7) is 0. The molecule has 0 aromatic carbocycles. The van der Waals surface area contributed by atoms with Crippen LogP contribution in [0.5, 0.6) is 0 Å². The standard InChI is InChI=1S/C4H7N3S2/c1-7(6)4(8)9-3-2-5/h3,6H2,1H3. The van der Waals surface area contributed by atoms with E-state index in [1.54, 1.807) is 7.05 Å². The van der Waals surface area contributed by atoms with Gasteiger partial charge in [0.15, 0.2) is 4.32 Å². The van der Waals surface area contributed by atoms with Gasteiger partial charge in [0.2, 0.25) is 0 Å². The van der Waals surface area contributed by atoms with Crippen molar-refractivity contribution >= 4 is 28.3 Å². The second-order valence-corrected chi connectivity index (χ2v) is 2.93. The number of nitrogens with zero attached hydrogens (tertiary/aromatic N) is 2. The highest BCUT2D eigenvalue weighted by Gasteiger charge is 1.97. The first-order chi connectivity index (χ1) is 4.18. The maximum absolute atomic E-state index is 8.11. The third kappa shape index (κ3) is 4.21. The predicted molar refractivity (Wildman–Crippen MR) is 42.6 cm³/mol. The first kappa shape index (κ1) is 8.69. The number of thiocarbonyl (C=S) groups is 1. The van der Waals surface area contributed by atoms with Gasteiger partial charge in [-0.1, -0.05) is 24.0 Å². The van der Waals surface area contributed by atoms with E-state index in [0.717, 1.165) is 0 Å². The summed E-state index contributed by atoms with van der Waals surface area (Å²) >= 11 is 6.01. The molecular weight excluding hydrogens is 154 g/mol. The van der Waals surface area contributed by atoms with Crippen molar-refractivity contribution in [2.45, 2.75) is 0 Å². The number of hydrazine groups is 1. The van der Waals surface area contributed by atoms with E-state index in [1.165, 1.54) is 16.8 Å². The topological polar surface area (TPSA) is 53.0 Å². The minimum atomic E-state index is 0.361. The molecule has 0 saturated carbocycles. The quantitative estimate of drug-likeness (QED) is 0.341. The van der Waals surface area contributed by atoms with Crippen LogP contribution in [0, 0.1) is 11.3 Å². The van der Waals surface area contributed by atoms with E-state index < -0.39 is 0 Å². The van der Waals surface area contributed by atoms with Gasteiger partial charge in [-0.25, -0.2) is 5.84 Å². The number of nitrogens with two attached hydrogens (primary N) is 1. The lowest BCUT2D eigenvalue weighted by molar-refractivity contribution is 0.560. The Balaban J connectivity index is 3.42. The maximum atomic E-state index is 8.11. The van der Waals surface area contributed by atoms with Gasteiger partial charge in [0.05, 0.1) is 11.8 Å². The summed E-state index contributed by atoms with van der Waals surface area (Å²) in [6, 6.07) is 1.95. The molecule has 0 aliphatic heterocycles. The fourth-order valence-corrected chi connectivity index (χ4v) is 0.764. The summed E-state index contributed by atoms with van der Waals surface area (Å²) in [4.78, 5) is 0. The van der Waals surface area contributed by atoms with Crippen LogP contribution in [0.3, 0.4) is 0 Å². The van der Waals surface area contributed by atoms with Crippen LogP contribution in [-0.4, -0.2) is 22.1 Å². The van der Waals surface area contributed by atoms with Gasteiger partial charge in [-0.05, 0) is 0 Å². The Kier molecular flexibility index (Phi) is 4.40. The summed E-state index contributed by atoms with van der Waals surface area (Å²) in [7, 11) is 1.65. The largest absolute Gasteiger partial charge is 0.299 e. The van der Waals surface area contributed by atoms with Crippen molar-refractivity contribution in [1.82, 2.24) is 5.01 Å². The van der Waals surface area contributed by atoms with Crippen LogP contribution in [0.4, 0.5) is 0 Å². The smallest absolute Gasteiger partial charge is 0.151 e. The summed E-state index contributed by atoms with van der Waals surface area (Å²) in [5.41, 5.74) is 0. The van der Waals surface area contributed by atoms with Gasteiger partial charge in [0, 0.05) is 7.05 Å². The van der Waals surface area contributed by atoms with Crippen molar-refractivity contribution in [3.8, 4) is 6.07 Å². The average Bonchev–Trinajstić information content (AvgIpc) is 1.82. The molecule has 0 amide bonds.